The second-order valence-corrected chi connectivity index (χ2v) is 6.42. The van der Waals surface area contributed by atoms with Crippen molar-refractivity contribution in [2.24, 2.45) is 11.8 Å². The Morgan fingerprint density at radius 2 is 1.68 bits per heavy atom. The van der Waals surface area contributed by atoms with Gasteiger partial charge in [0.1, 0.15) is 6.04 Å². The number of nitrogens with one attached hydrogen (secondary N) is 2. The molecule has 0 radical (unpaired) electrons. The Hall–Kier alpha value is -1.84. The number of anilines is 1. The molecule has 0 bridgehead atoms. The number of para-hydroxylation sites is 1. The van der Waals surface area contributed by atoms with E-state index in [1.165, 1.54) is 6.42 Å². The van der Waals surface area contributed by atoms with Gasteiger partial charge in [-0.2, -0.15) is 0 Å². The molecule has 1 aromatic rings. The lowest BCUT2D eigenvalue weighted by molar-refractivity contribution is -0.130. The van der Waals surface area contributed by atoms with Crippen LogP contribution in [0.4, 0.5) is 5.69 Å². The van der Waals surface area contributed by atoms with E-state index in [1.54, 1.807) is 0 Å². The molecule has 1 aromatic carbocycles. The molecule has 1 fully saturated rings. The van der Waals surface area contributed by atoms with Gasteiger partial charge < -0.3 is 10.6 Å². The Labute approximate surface area is 132 Å². The van der Waals surface area contributed by atoms with E-state index < -0.39 is 6.04 Å². The maximum Gasteiger partial charge on any atom is 0.247 e. The van der Waals surface area contributed by atoms with Crippen molar-refractivity contribution < 1.29 is 9.59 Å². The molecule has 1 unspecified atom stereocenters. The van der Waals surface area contributed by atoms with Crippen LogP contribution in [-0.2, 0) is 9.59 Å². The molecular formula is C18H26N2O2. The van der Waals surface area contributed by atoms with Gasteiger partial charge in [0.25, 0.3) is 0 Å². The highest BCUT2D eigenvalue weighted by atomic mass is 16.2. The molecule has 0 spiro atoms. The Morgan fingerprint density at radius 3 is 2.27 bits per heavy atom. The van der Waals surface area contributed by atoms with E-state index in [2.05, 4.69) is 10.6 Å². The molecule has 0 aliphatic heterocycles. The van der Waals surface area contributed by atoms with Crippen LogP contribution in [0.5, 0.6) is 0 Å². The fourth-order valence-corrected chi connectivity index (χ4v) is 2.91. The van der Waals surface area contributed by atoms with Crippen molar-refractivity contribution in [2.45, 2.75) is 52.0 Å². The largest absolute Gasteiger partial charge is 0.344 e. The minimum absolute atomic E-state index is 0.0293. The first-order valence-electron chi connectivity index (χ1n) is 8.24. The van der Waals surface area contributed by atoms with E-state index in [4.69, 9.17) is 0 Å². The SMILES string of the molecule is CC(C)C(NC(=O)C1CCCCC1)C(=O)Nc1ccccc1. The Kier molecular flexibility index (Phi) is 5.99. The minimum Gasteiger partial charge on any atom is -0.344 e. The number of rotatable bonds is 5. The highest BCUT2D eigenvalue weighted by Crippen LogP contribution is 2.24. The fourth-order valence-electron chi connectivity index (χ4n) is 2.91. The molecule has 1 saturated carbocycles. The Morgan fingerprint density at radius 1 is 1.05 bits per heavy atom. The summed E-state index contributed by atoms with van der Waals surface area (Å²) in [5, 5.41) is 5.83. The predicted molar refractivity (Wildman–Crippen MR) is 88.4 cm³/mol. The predicted octanol–water partition coefficient (Wildman–Crippen LogP) is 3.35. The number of hydrogen-bond acceptors (Lipinski definition) is 2. The minimum atomic E-state index is -0.491. The zero-order valence-corrected chi connectivity index (χ0v) is 13.5. The average molecular weight is 302 g/mol. The lowest BCUT2D eigenvalue weighted by Crippen LogP contribution is -2.49. The van der Waals surface area contributed by atoms with Crippen molar-refractivity contribution in [3.8, 4) is 0 Å². The lowest BCUT2D eigenvalue weighted by atomic mass is 9.88. The van der Waals surface area contributed by atoms with Gasteiger partial charge in [0.2, 0.25) is 11.8 Å². The third-order valence-electron chi connectivity index (χ3n) is 4.26. The van der Waals surface area contributed by atoms with Gasteiger partial charge in [-0.05, 0) is 30.9 Å². The van der Waals surface area contributed by atoms with E-state index in [0.29, 0.717) is 0 Å². The third kappa shape index (κ3) is 4.58. The summed E-state index contributed by atoms with van der Waals surface area (Å²) in [6, 6.07) is 8.85. The number of benzene rings is 1. The van der Waals surface area contributed by atoms with Crippen molar-refractivity contribution in [3.63, 3.8) is 0 Å². The number of amides is 2. The van der Waals surface area contributed by atoms with Crippen LogP contribution in [0.1, 0.15) is 46.0 Å². The smallest absolute Gasteiger partial charge is 0.247 e. The molecule has 2 amide bonds. The average Bonchev–Trinajstić information content (AvgIpc) is 2.53. The Balaban J connectivity index is 1.96. The summed E-state index contributed by atoms with van der Waals surface area (Å²) in [5.41, 5.74) is 0.755. The molecular weight excluding hydrogens is 276 g/mol. The summed E-state index contributed by atoms with van der Waals surface area (Å²) in [6.07, 6.45) is 5.32. The summed E-state index contributed by atoms with van der Waals surface area (Å²) in [7, 11) is 0. The van der Waals surface area contributed by atoms with Crippen molar-refractivity contribution in [1.29, 1.82) is 0 Å². The van der Waals surface area contributed by atoms with E-state index in [0.717, 1.165) is 31.4 Å². The van der Waals surface area contributed by atoms with Crippen LogP contribution >= 0.6 is 0 Å². The summed E-state index contributed by atoms with van der Waals surface area (Å²) in [5.74, 6) is 0.00255. The van der Waals surface area contributed by atoms with Gasteiger partial charge in [-0.3, -0.25) is 9.59 Å². The van der Waals surface area contributed by atoms with Crippen LogP contribution in [-0.4, -0.2) is 17.9 Å². The fraction of sp³-hybridized carbons (Fsp3) is 0.556. The second kappa shape index (κ2) is 7.97. The summed E-state index contributed by atoms with van der Waals surface area (Å²) in [6.45, 7) is 3.91. The third-order valence-corrected chi connectivity index (χ3v) is 4.26. The normalized spacial score (nSPS) is 17.0. The molecule has 1 atom stereocenters. The van der Waals surface area contributed by atoms with Crippen LogP contribution in [0.25, 0.3) is 0 Å². The molecule has 4 nitrogen and oxygen atoms in total. The van der Waals surface area contributed by atoms with Crippen LogP contribution in [0.3, 0.4) is 0 Å². The number of hydrogen-bond donors (Lipinski definition) is 2. The first-order valence-corrected chi connectivity index (χ1v) is 8.24. The first-order chi connectivity index (χ1) is 10.6. The van der Waals surface area contributed by atoms with Gasteiger partial charge in [-0.1, -0.05) is 51.3 Å². The molecule has 1 aliphatic carbocycles. The van der Waals surface area contributed by atoms with Gasteiger partial charge in [0.05, 0.1) is 0 Å². The van der Waals surface area contributed by atoms with Crippen molar-refractivity contribution in [2.75, 3.05) is 5.32 Å². The molecule has 2 N–H and O–H groups in total. The molecule has 0 saturated heterocycles. The van der Waals surface area contributed by atoms with E-state index in [-0.39, 0.29) is 23.7 Å². The van der Waals surface area contributed by atoms with Crippen LogP contribution in [0.15, 0.2) is 30.3 Å². The maximum atomic E-state index is 12.4. The lowest BCUT2D eigenvalue weighted by Gasteiger charge is -2.26. The monoisotopic (exact) mass is 302 g/mol. The molecule has 1 aliphatic rings. The first kappa shape index (κ1) is 16.5. The van der Waals surface area contributed by atoms with E-state index in [1.807, 2.05) is 44.2 Å². The van der Waals surface area contributed by atoms with E-state index in [9.17, 15) is 9.59 Å². The Bertz CT molecular complexity index is 493. The van der Waals surface area contributed by atoms with Gasteiger partial charge >= 0.3 is 0 Å². The standard InChI is InChI=1S/C18H26N2O2/c1-13(2)16(18(22)19-15-11-7-4-8-12-15)20-17(21)14-9-5-3-6-10-14/h4,7-8,11-14,16H,3,5-6,9-10H2,1-2H3,(H,19,22)(H,20,21). The topological polar surface area (TPSA) is 58.2 Å². The highest BCUT2D eigenvalue weighted by molar-refractivity contribution is 5.97. The molecule has 0 heterocycles. The number of carbonyl (C=O) groups is 2. The molecule has 4 heteroatoms. The summed E-state index contributed by atoms with van der Waals surface area (Å²) < 4.78 is 0. The van der Waals surface area contributed by atoms with Crippen molar-refractivity contribution in [3.05, 3.63) is 30.3 Å². The van der Waals surface area contributed by atoms with Crippen molar-refractivity contribution >= 4 is 17.5 Å². The quantitative estimate of drug-likeness (QED) is 0.876. The van der Waals surface area contributed by atoms with Crippen molar-refractivity contribution in [1.82, 2.24) is 5.32 Å². The maximum absolute atomic E-state index is 12.4. The summed E-state index contributed by atoms with van der Waals surface area (Å²) >= 11 is 0. The van der Waals surface area contributed by atoms with Crippen LogP contribution in [0, 0.1) is 11.8 Å². The number of carbonyl (C=O) groups excluding carboxylic acids is 2. The summed E-state index contributed by atoms with van der Waals surface area (Å²) in [4.78, 5) is 24.8. The molecule has 2 rings (SSSR count). The van der Waals surface area contributed by atoms with Crippen LogP contribution < -0.4 is 10.6 Å². The van der Waals surface area contributed by atoms with Crippen LogP contribution in [0.2, 0.25) is 0 Å². The zero-order chi connectivity index (χ0) is 15.9. The van der Waals surface area contributed by atoms with Gasteiger partial charge in [0, 0.05) is 11.6 Å². The molecule has 22 heavy (non-hydrogen) atoms. The highest BCUT2D eigenvalue weighted by Gasteiger charge is 2.28. The second-order valence-electron chi connectivity index (χ2n) is 6.42. The van der Waals surface area contributed by atoms with Gasteiger partial charge in [0.15, 0.2) is 0 Å². The van der Waals surface area contributed by atoms with Gasteiger partial charge in [-0.25, -0.2) is 0 Å². The van der Waals surface area contributed by atoms with Gasteiger partial charge in [-0.15, -0.1) is 0 Å². The van der Waals surface area contributed by atoms with E-state index >= 15 is 0 Å². The zero-order valence-electron chi connectivity index (χ0n) is 13.5. The molecule has 120 valence electrons. The molecule has 0 aromatic heterocycles.